The number of fused-ring (bicyclic) bond motifs is 1. The summed E-state index contributed by atoms with van der Waals surface area (Å²) in [5.74, 6) is -1.42. The van der Waals surface area contributed by atoms with Crippen LogP contribution < -0.4 is 10.2 Å². The van der Waals surface area contributed by atoms with Crippen LogP contribution in [0.25, 0.3) is 11.1 Å². The number of rotatable bonds is 8. The van der Waals surface area contributed by atoms with Gasteiger partial charge in [-0.3, -0.25) is 19.2 Å². The monoisotopic (exact) mass is 528 g/mol. The third-order valence-corrected chi connectivity index (χ3v) is 6.87. The van der Waals surface area contributed by atoms with Crippen molar-refractivity contribution < 1.29 is 23.6 Å². The van der Waals surface area contributed by atoms with E-state index in [0.29, 0.717) is 27.7 Å². The second kappa shape index (κ2) is 10.9. The molecule has 1 unspecified atom stereocenters. The average Bonchev–Trinajstić information content (AvgIpc) is 3.46. The maximum Gasteiger partial charge on any atom is 0.257 e. The average molecular weight is 529 g/mol. The van der Waals surface area contributed by atoms with E-state index < -0.39 is 17.9 Å². The Labute approximate surface area is 222 Å². The van der Waals surface area contributed by atoms with E-state index in [-0.39, 0.29) is 30.5 Å². The minimum Gasteiger partial charge on any atom is -0.431 e. The first kappa shape index (κ1) is 25.2. The van der Waals surface area contributed by atoms with Gasteiger partial charge in [-0.25, -0.2) is 9.88 Å². The summed E-state index contributed by atoms with van der Waals surface area (Å²) in [6.45, 7) is 1.57. The van der Waals surface area contributed by atoms with Crippen LogP contribution in [0.3, 0.4) is 0 Å². The molecule has 0 bridgehead atoms. The Kier molecular flexibility index (Phi) is 7.23. The molecule has 38 heavy (non-hydrogen) atoms. The summed E-state index contributed by atoms with van der Waals surface area (Å²) in [6, 6.07) is 22.1. The molecule has 10 heteroatoms. The van der Waals surface area contributed by atoms with Crippen LogP contribution in [-0.2, 0) is 25.7 Å². The normalized spacial score (nSPS) is 15.2. The number of imide groups is 1. The summed E-state index contributed by atoms with van der Waals surface area (Å²) in [4.78, 5) is 58.2. The minimum absolute atomic E-state index is 0.0109. The van der Waals surface area contributed by atoms with E-state index in [9.17, 15) is 19.2 Å². The van der Waals surface area contributed by atoms with Crippen molar-refractivity contribution >= 4 is 57.9 Å². The van der Waals surface area contributed by atoms with E-state index in [1.165, 1.54) is 11.8 Å². The molecule has 1 aromatic heterocycles. The Morgan fingerprint density at radius 1 is 1.03 bits per heavy atom. The molecule has 0 saturated carbocycles. The number of benzene rings is 3. The van der Waals surface area contributed by atoms with Crippen molar-refractivity contribution in [1.82, 2.24) is 9.88 Å². The molecular weight excluding hydrogens is 504 g/mol. The van der Waals surface area contributed by atoms with Crippen LogP contribution in [0.5, 0.6) is 0 Å². The van der Waals surface area contributed by atoms with Crippen molar-refractivity contribution in [2.24, 2.45) is 0 Å². The number of para-hydroxylation sites is 2. The van der Waals surface area contributed by atoms with Crippen molar-refractivity contribution in [2.75, 3.05) is 16.0 Å². The van der Waals surface area contributed by atoms with E-state index in [1.54, 1.807) is 30.3 Å². The Balaban J connectivity index is 1.36. The van der Waals surface area contributed by atoms with Gasteiger partial charge in [-0.15, -0.1) is 0 Å². The van der Waals surface area contributed by atoms with Crippen LogP contribution in [0.15, 0.2) is 88.5 Å². The van der Waals surface area contributed by atoms with Gasteiger partial charge in [0.2, 0.25) is 17.7 Å². The second-order valence-electron chi connectivity index (χ2n) is 8.76. The lowest BCUT2D eigenvalue weighted by atomic mass is 10.1. The molecule has 1 N–H and O–H groups in total. The van der Waals surface area contributed by atoms with Gasteiger partial charge in [-0.05, 0) is 42.0 Å². The van der Waals surface area contributed by atoms with Crippen molar-refractivity contribution in [2.45, 2.75) is 31.2 Å². The minimum atomic E-state index is -0.950. The number of hydrogen-bond donors (Lipinski definition) is 1. The van der Waals surface area contributed by atoms with Gasteiger partial charge in [0.15, 0.2) is 5.58 Å². The topological polar surface area (TPSA) is 113 Å². The lowest BCUT2D eigenvalue weighted by molar-refractivity contribution is -0.136. The van der Waals surface area contributed by atoms with Crippen molar-refractivity contribution in [3.8, 4) is 0 Å². The summed E-state index contributed by atoms with van der Waals surface area (Å²) < 4.78 is 5.71. The third kappa shape index (κ3) is 5.45. The molecule has 4 amide bonds. The highest BCUT2D eigenvalue weighted by atomic mass is 32.2. The molecule has 9 nitrogen and oxygen atoms in total. The van der Waals surface area contributed by atoms with E-state index in [4.69, 9.17) is 4.42 Å². The van der Waals surface area contributed by atoms with Crippen LogP contribution in [-0.4, -0.2) is 45.3 Å². The third-order valence-electron chi connectivity index (χ3n) is 6.05. The number of nitrogens with zero attached hydrogens (tertiary/aromatic N) is 3. The number of carbonyl (C=O) groups excluding carboxylic acids is 4. The molecule has 4 aromatic rings. The standard InChI is InChI=1S/C28H24N4O5S/c1-18(33)29-20-11-13-21(14-12-20)32-25(34)15-23(27(32)36)31(16-19-7-3-2-4-8-19)26(35)17-38-28-30-22-9-5-6-10-24(22)37-28/h2-14,23H,15-17H2,1H3,(H,29,33). The van der Waals surface area contributed by atoms with Gasteiger partial charge in [0.25, 0.3) is 11.1 Å². The van der Waals surface area contributed by atoms with Crippen LogP contribution in [0.2, 0.25) is 0 Å². The van der Waals surface area contributed by atoms with Gasteiger partial charge in [0.05, 0.1) is 17.9 Å². The molecule has 5 rings (SSSR count). The van der Waals surface area contributed by atoms with Gasteiger partial charge in [0.1, 0.15) is 11.6 Å². The van der Waals surface area contributed by atoms with Crippen molar-refractivity contribution in [1.29, 1.82) is 0 Å². The zero-order valence-corrected chi connectivity index (χ0v) is 21.3. The highest BCUT2D eigenvalue weighted by Gasteiger charge is 2.44. The quantitative estimate of drug-likeness (QED) is 0.269. The number of anilines is 2. The summed E-state index contributed by atoms with van der Waals surface area (Å²) in [5.41, 5.74) is 3.09. The number of thioether (sulfide) groups is 1. The number of nitrogens with one attached hydrogen (secondary N) is 1. The second-order valence-corrected chi connectivity index (χ2v) is 9.69. The zero-order valence-electron chi connectivity index (χ0n) is 20.5. The maximum absolute atomic E-state index is 13.5. The lowest BCUT2D eigenvalue weighted by Crippen LogP contribution is -2.45. The molecule has 192 valence electrons. The van der Waals surface area contributed by atoms with Gasteiger partial charge < -0.3 is 14.6 Å². The number of hydrogen-bond acceptors (Lipinski definition) is 7. The fourth-order valence-corrected chi connectivity index (χ4v) is 5.02. The predicted molar refractivity (Wildman–Crippen MR) is 143 cm³/mol. The summed E-state index contributed by atoms with van der Waals surface area (Å²) in [7, 11) is 0. The Hall–Kier alpha value is -4.44. The first-order valence-electron chi connectivity index (χ1n) is 12.0. The fraction of sp³-hybridized carbons (Fsp3) is 0.179. The molecule has 1 saturated heterocycles. The first-order chi connectivity index (χ1) is 18.4. The molecule has 1 atom stereocenters. The molecule has 1 fully saturated rings. The molecule has 0 radical (unpaired) electrons. The Bertz CT molecular complexity index is 1470. The SMILES string of the molecule is CC(=O)Nc1ccc(N2C(=O)CC(N(Cc3ccccc3)C(=O)CSc3nc4ccccc4o3)C2=O)cc1. The zero-order chi connectivity index (χ0) is 26.6. The van der Waals surface area contributed by atoms with Crippen molar-refractivity contribution in [3.05, 3.63) is 84.4 Å². The van der Waals surface area contributed by atoms with Crippen LogP contribution >= 0.6 is 11.8 Å². The molecule has 1 aliphatic heterocycles. The Morgan fingerprint density at radius 2 is 1.74 bits per heavy atom. The smallest absolute Gasteiger partial charge is 0.257 e. The summed E-state index contributed by atoms with van der Waals surface area (Å²) in [5, 5.41) is 3.01. The molecule has 0 aliphatic carbocycles. The van der Waals surface area contributed by atoms with E-state index in [1.807, 2.05) is 48.5 Å². The summed E-state index contributed by atoms with van der Waals surface area (Å²) in [6.07, 6.45) is -0.127. The van der Waals surface area contributed by atoms with E-state index in [0.717, 1.165) is 22.2 Å². The molecule has 0 spiro atoms. The molecular formula is C28H24N4O5S. The molecule has 2 heterocycles. The van der Waals surface area contributed by atoms with Crippen molar-refractivity contribution in [3.63, 3.8) is 0 Å². The number of carbonyl (C=O) groups is 4. The van der Waals surface area contributed by atoms with Gasteiger partial charge in [-0.2, -0.15) is 0 Å². The molecule has 1 aliphatic rings. The highest BCUT2D eigenvalue weighted by molar-refractivity contribution is 7.99. The largest absolute Gasteiger partial charge is 0.431 e. The van der Waals surface area contributed by atoms with Gasteiger partial charge in [0, 0.05) is 19.2 Å². The Morgan fingerprint density at radius 3 is 2.45 bits per heavy atom. The van der Waals surface area contributed by atoms with Crippen LogP contribution in [0, 0.1) is 0 Å². The maximum atomic E-state index is 13.5. The van der Waals surface area contributed by atoms with Gasteiger partial charge in [-0.1, -0.05) is 54.2 Å². The fourth-order valence-electron chi connectivity index (χ4n) is 4.30. The van der Waals surface area contributed by atoms with E-state index in [2.05, 4.69) is 10.3 Å². The van der Waals surface area contributed by atoms with Gasteiger partial charge >= 0.3 is 0 Å². The van der Waals surface area contributed by atoms with Crippen LogP contribution in [0.4, 0.5) is 11.4 Å². The number of amides is 4. The van der Waals surface area contributed by atoms with Crippen LogP contribution in [0.1, 0.15) is 18.9 Å². The van der Waals surface area contributed by atoms with E-state index >= 15 is 0 Å². The first-order valence-corrected chi connectivity index (χ1v) is 12.9. The highest BCUT2D eigenvalue weighted by Crippen LogP contribution is 2.29. The summed E-state index contributed by atoms with van der Waals surface area (Å²) >= 11 is 1.14. The lowest BCUT2D eigenvalue weighted by Gasteiger charge is -2.27. The molecule has 3 aromatic carbocycles. The number of aromatic nitrogens is 1. The number of oxazole rings is 1. The predicted octanol–water partition coefficient (Wildman–Crippen LogP) is 4.24.